The minimum absolute atomic E-state index is 0.0443. The van der Waals surface area contributed by atoms with E-state index in [1.807, 2.05) is 4.90 Å². The quantitative estimate of drug-likeness (QED) is 0.670. The summed E-state index contributed by atoms with van der Waals surface area (Å²) in [6.45, 7) is 7.12. The second-order valence-corrected chi connectivity index (χ2v) is 4.87. The summed E-state index contributed by atoms with van der Waals surface area (Å²) in [6.07, 6.45) is 2.79. The van der Waals surface area contributed by atoms with E-state index in [1.54, 1.807) is 19.2 Å². The Kier molecular flexibility index (Phi) is 8.35. The average Bonchev–Trinajstić information content (AvgIpc) is 2.51. The fourth-order valence-electron chi connectivity index (χ4n) is 1.99. The molecule has 0 aliphatic carbocycles. The molecule has 0 fully saturated rings. The van der Waals surface area contributed by atoms with Crippen molar-refractivity contribution in [3.05, 3.63) is 17.8 Å². The summed E-state index contributed by atoms with van der Waals surface area (Å²) in [4.78, 5) is 14.2. The Morgan fingerprint density at radius 2 is 1.95 bits per heavy atom. The highest BCUT2D eigenvalue weighted by Gasteiger charge is 2.15. The number of methoxy groups -OCH3 is 1. The lowest BCUT2D eigenvalue weighted by Crippen LogP contribution is -2.33. The summed E-state index contributed by atoms with van der Waals surface area (Å²) >= 11 is 0. The number of amides is 1. The molecule has 118 valence electrons. The van der Waals surface area contributed by atoms with Gasteiger partial charge in [-0.3, -0.25) is 4.79 Å². The van der Waals surface area contributed by atoms with Crippen LogP contribution in [0.15, 0.2) is 12.1 Å². The van der Waals surface area contributed by atoms with E-state index in [9.17, 15) is 4.79 Å². The summed E-state index contributed by atoms with van der Waals surface area (Å²) in [7, 11) is 1.68. The number of hydrogen-bond donors (Lipinski definition) is 1. The minimum Gasteiger partial charge on any atom is -0.385 e. The van der Waals surface area contributed by atoms with Gasteiger partial charge in [0.05, 0.1) is 0 Å². The lowest BCUT2D eigenvalue weighted by Gasteiger charge is -2.20. The molecule has 1 amide bonds. The first-order chi connectivity index (χ1) is 10.2. The third-order valence-corrected chi connectivity index (χ3v) is 2.99. The highest BCUT2D eigenvalue weighted by molar-refractivity contribution is 5.92. The average molecular weight is 294 g/mol. The first-order valence-corrected chi connectivity index (χ1v) is 7.58. The van der Waals surface area contributed by atoms with Gasteiger partial charge in [0.25, 0.3) is 5.91 Å². The molecule has 0 radical (unpaired) electrons. The van der Waals surface area contributed by atoms with Crippen molar-refractivity contribution >= 4 is 11.7 Å². The van der Waals surface area contributed by atoms with Crippen molar-refractivity contribution in [1.29, 1.82) is 0 Å². The summed E-state index contributed by atoms with van der Waals surface area (Å²) in [5.74, 6) is 0.636. The molecule has 1 aromatic heterocycles. The van der Waals surface area contributed by atoms with E-state index < -0.39 is 0 Å². The number of carbonyl (C=O) groups is 1. The number of carbonyl (C=O) groups excluding carboxylic acids is 1. The van der Waals surface area contributed by atoms with E-state index in [4.69, 9.17) is 4.74 Å². The molecule has 0 spiro atoms. The molecule has 1 heterocycles. The van der Waals surface area contributed by atoms with E-state index in [0.717, 1.165) is 38.9 Å². The first kappa shape index (κ1) is 17.4. The molecule has 6 nitrogen and oxygen atoms in total. The molecule has 21 heavy (non-hydrogen) atoms. The van der Waals surface area contributed by atoms with Gasteiger partial charge in [0.1, 0.15) is 5.82 Å². The smallest absolute Gasteiger partial charge is 0.274 e. The van der Waals surface area contributed by atoms with Gasteiger partial charge in [0.2, 0.25) is 0 Å². The molecule has 6 heteroatoms. The van der Waals surface area contributed by atoms with Crippen molar-refractivity contribution in [1.82, 2.24) is 15.1 Å². The number of aromatic nitrogens is 2. The van der Waals surface area contributed by atoms with E-state index in [0.29, 0.717) is 18.1 Å². The van der Waals surface area contributed by atoms with Gasteiger partial charge in [-0.05, 0) is 31.4 Å². The summed E-state index contributed by atoms with van der Waals surface area (Å²) in [5.41, 5.74) is 0.402. The van der Waals surface area contributed by atoms with Gasteiger partial charge in [0, 0.05) is 33.4 Å². The Morgan fingerprint density at radius 1 is 1.24 bits per heavy atom. The number of rotatable bonds is 10. The molecule has 1 rings (SSSR count). The molecule has 0 aromatic carbocycles. The van der Waals surface area contributed by atoms with Crippen molar-refractivity contribution in [3.63, 3.8) is 0 Å². The van der Waals surface area contributed by atoms with Crippen LogP contribution in [0.3, 0.4) is 0 Å². The molecule has 1 N–H and O–H groups in total. The van der Waals surface area contributed by atoms with Crippen LogP contribution in [-0.4, -0.2) is 54.4 Å². The molecule has 0 saturated carbocycles. The van der Waals surface area contributed by atoms with Gasteiger partial charge >= 0.3 is 0 Å². The highest BCUT2D eigenvalue weighted by Crippen LogP contribution is 2.06. The molecule has 0 bridgehead atoms. The molecule has 0 atom stereocenters. The molecular formula is C15H26N4O2. The van der Waals surface area contributed by atoms with Crippen LogP contribution in [0.1, 0.15) is 43.6 Å². The van der Waals surface area contributed by atoms with Crippen molar-refractivity contribution < 1.29 is 9.53 Å². The Morgan fingerprint density at radius 3 is 2.48 bits per heavy atom. The minimum atomic E-state index is -0.0443. The van der Waals surface area contributed by atoms with Crippen molar-refractivity contribution in [2.45, 2.75) is 33.1 Å². The van der Waals surface area contributed by atoms with Gasteiger partial charge < -0.3 is 15.0 Å². The fourth-order valence-corrected chi connectivity index (χ4v) is 1.99. The van der Waals surface area contributed by atoms with Crippen molar-refractivity contribution in [3.8, 4) is 0 Å². The van der Waals surface area contributed by atoms with E-state index >= 15 is 0 Å². The van der Waals surface area contributed by atoms with Crippen molar-refractivity contribution in [2.75, 3.05) is 38.7 Å². The number of anilines is 1. The molecule has 0 aliphatic heterocycles. The Labute approximate surface area is 126 Å². The van der Waals surface area contributed by atoms with Crippen LogP contribution in [0, 0.1) is 0 Å². The first-order valence-electron chi connectivity index (χ1n) is 7.58. The van der Waals surface area contributed by atoms with Crippen LogP contribution in [-0.2, 0) is 4.74 Å². The third-order valence-electron chi connectivity index (χ3n) is 2.99. The predicted octanol–water partition coefficient (Wildman–Crippen LogP) is 2.19. The Balaban J connectivity index is 2.57. The van der Waals surface area contributed by atoms with Gasteiger partial charge in [-0.2, -0.15) is 0 Å². The van der Waals surface area contributed by atoms with Gasteiger partial charge in [-0.25, -0.2) is 0 Å². The van der Waals surface area contributed by atoms with Gasteiger partial charge in [-0.1, -0.05) is 13.8 Å². The Hall–Kier alpha value is -1.69. The summed E-state index contributed by atoms with van der Waals surface area (Å²) < 4.78 is 4.98. The highest BCUT2D eigenvalue weighted by atomic mass is 16.5. The lowest BCUT2D eigenvalue weighted by atomic mass is 10.3. The molecule has 0 unspecified atom stereocenters. The van der Waals surface area contributed by atoms with Crippen LogP contribution in [0.2, 0.25) is 0 Å². The van der Waals surface area contributed by atoms with E-state index in [2.05, 4.69) is 29.4 Å². The lowest BCUT2D eigenvalue weighted by molar-refractivity contribution is 0.0748. The Bertz CT molecular complexity index is 403. The number of hydrogen-bond acceptors (Lipinski definition) is 5. The molecule has 0 saturated heterocycles. The topological polar surface area (TPSA) is 67.4 Å². The number of nitrogens with zero attached hydrogens (tertiary/aromatic N) is 3. The second-order valence-electron chi connectivity index (χ2n) is 4.87. The third kappa shape index (κ3) is 6.08. The van der Waals surface area contributed by atoms with Crippen LogP contribution >= 0.6 is 0 Å². The van der Waals surface area contributed by atoms with Crippen LogP contribution in [0.25, 0.3) is 0 Å². The number of ether oxygens (including phenoxy) is 1. The standard InChI is InChI=1S/C15H26N4O2/c1-4-10-19(11-5-2)15(20)13-7-8-14(18-17-13)16-9-6-12-21-3/h7-8H,4-6,9-12H2,1-3H3,(H,16,18). The zero-order chi connectivity index (χ0) is 15.5. The normalized spacial score (nSPS) is 10.4. The maximum absolute atomic E-state index is 12.3. The predicted molar refractivity (Wildman–Crippen MR) is 83.5 cm³/mol. The molecule has 1 aromatic rings. The SMILES string of the molecule is CCCN(CCC)C(=O)c1ccc(NCCCOC)nn1. The van der Waals surface area contributed by atoms with Gasteiger partial charge in [0.15, 0.2) is 5.69 Å². The molecule has 0 aliphatic rings. The second kappa shape index (κ2) is 10.1. The van der Waals surface area contributed by atoms with Crippen molar-refractivity contribution in [2.24, 2.45) is 0 Å². The molecular weight excluding hydrogens is 268 g/mol. The maximum atomic E-state index is 12.3. The zero-order valence-electron chi connectivity index (χ0n) is 13.3. The van der Waals surface area contributed by atoms with E-state index in [1.165, 1.54) is 0 Å². The van der Waals surface area contributed by atoms with Gasteiger partial charge in [-0.15, -0.1) is 10.2 Å². The monoisotopic (exact) mass is 294 g/mol. The largest absolute Gasteiger partial charge is 0.385 e. The summed E-state index contributed by atoms with van der Waals surface area (Å²) in [5, 5.41) is 11.2. The number of nitrogens with one attached hydrogen (secondary N) is 1. The maximum Gasteiger partial charge on any atom is 0.274 e. The zero-order valence-corrected chi connectivity index (χ0v) is 13.3. The van der Waals surface area contributed by atoms with Crippen LogP contribution in [0.5, 0.6) is 0 Å². The van der Waals surface area contributed by atoms with Crippen LogP contribution < -0.4 is 5.32 Å². The fraction of sp³-hybridized carbons (Fsp3) is 0.667. The van der Waals surface area contributed by atoms with Crippen LogP contribution in [0.4, 0.5) is 5.82 Å². The van der Waals surface area contributed by atoms with E-state index in [-0.39, 0.29) is 5.91 Å². The summed E-state index contributed by atoms with van der Waals surface area (Å²) in [6, 6.07) is 3.52.